The number of carbonyl (C=O) groups excluding carboxylic acids is 1. The third kappa shape index (κ3) is 8.56. The first-order valence-electron chi connectivity index (χ1n) is 17.8. The summed E-state index contributed by atoms with van der Waals surface area (Å²) in [6.45, 7) is 4.36. The van der Waals surface area contributed by atoms with Gasteiger partial charge in [0.15, 0.2) is 0 Å². The molecule has 3 aliphatic rings. The second-order valence-electron chi connectivity index (χ2n) is 13.4. The molecule has 1 aromatic heterocycles. The van der Waals surface area contributed by atoms with Crippen molar-refractivity contribution in [2.75, 3.05) is 39.4 Å². The first kappa shape index (κ1) is 35.1. The number of hydrogen-bond donors (Lipinski definition) is 5. The lowest BCUT2D eigenvalue weighted by Crippen LogP contribution is -2.52. The van der Waals surface area contributed by atoms with E-state index in [2.05, 4.69) is 20.5 Å². The molecular formula is C41H44N4O7. The summed E-state index contributed by atoms with van der Waals surface area (Å²) in [5.74, 6) is 1.74. The van der Waals surface area contributed by atoms with Crippen molar-refractivity contribution in [3.8, 4) is 17.2 Å². The van der Waals surface area contributed by atoms with Crippen LogP contribution in [0.1, 0.15) is 47.2 Å². The van der Waals surface area contributed by atoms with Gasteiger partial charge in [-0.25, -0.2) is 4.79 Å². The molecule has 0 saturated carbocycles. The summed E-state index contributed by atoms with van der Waals surface area (Å²) in [6.07, 6.45) is 0.802. The number of aromatic hydroxyl groups is 1. The van der Waals surface area contributed by atoms with Gasteiger partial charge in [-0.3, -0.25) is 9.69 Å². The van der Waals surface area contributed by atoms with Crippen LogP contribution in [-0.2, 0) is 11.3 Å². The number of phenolic OH excluding ortho intramolecular Hbond substituents is 1. The van der Waals surface area contributed by atoms with Crippen LogP contribution >= 0.6 is 0 Å². The molecule has 1 unspecified atom stereocenters. The molecule has 4 aromatic carbocycles. The summed E-state index contributed by atoms with van der Waals surface area (Å²) in [5, 5.41) is 28.0. The van der Waals surface area contributed by atoms with E-state index in [1.807, 2.05) is 78.9 Å². The average Bonchev–Trinajstić information content (AvgIpc) is 3.17. The van der Waals surface area contributed by atoms with E-state index in [-0.39, 0.29) is 24.0 Å². The number of benzene rings is 4. The molecule has 270 valence electrons. The molecule has 0 aliphatic carbocycles. The lowest BCUT2D eigenvalue weighted by atomic mass is 9.86. The number of H-pyrrole nitrogens is 1. The van der Waals surface area contributed by atoms with Crippen LogP contribution in [0.15, 0.2) is 108 Å². The molecule has 3 saturated heterocycles. The lowest BCUT2D eigenvalue weighted by molar-refractivity contribution is -0.0336. The number of ether oxygens (including phenoxy) is 3. The van der Waals surface area contributed by atoms with Crippen molar-refractivity contribution >= 4 is 17.0 Å². The van der Waals surface area contributed by atoms with Gasteiger partial charge in [0.1, 0.15) is 36.6 Å². The van der Waals surface area contributed by atoms with Gasteiger partial charge in [0.25, 0.3) is 0 Å². The summed E-state index contributed by atoms with van der Waals surface area (Å²) >= 11 is 0. The Balaban J connectivity index is 0.904. The fourth-order valence-electron chi connectivity index (χ4n) is 7.20. The Labute approximate surface area is 302 Å². The van der Waals surface area contributed by atoms with Crippen molar-refractivity contribution in [3.05, 3.63) is 136 Å². The molecule has 11 nitrogen and oxygen atoms in total. The van der Waals surface area contributed by atoms with Gasteiger partial charge < -0.3 is 40.0 Å². The van der Waals surface area contributed by atoms with Gasteiger partial charge in [-0.05, 0) is 90.5 Å². The highest BCUT2D eigenvalue weighted by Gasteiger charge is 2.37. The molecule has 4 heterocycles. The summed E-state index contributed by atoms with van der Waals surface area (Å²) in [4.78, 5) is 29.9. The Kier molecular flexibility index (Phi) is 11.0. The number of nitrogens with one attached hydrogen (secondary N) is 3. The molecule has 3 atom stereocenters. The number of piperidine rings is 3. The fraction of sp³-hybridized carbons (Fsp3) is 0.317. The monoisotopic (exact) mass is 704 g/mol. The Hall–Kier alpha value is -5.36. The van der Waals surface area contributed by atoms with Crippen LogP contribution in [0.3, 0.4) is 0 Å². The van der Waals surface area contributed by atoms with Crippen LogP contribution in [0.4, 0.5) is 4.79 Å². The van der Waals surface area contributed by atoms with Gasteiger partial charge in [0, 0.05) is 31.1 Å². The number of fused-ring (bicyclic) bond motifs is 4. The maximum atomic E-state index is 13.2. The molecule has 11 heteroatoms. The van der Waals surface area contributed by atoms with E-state index in [0.717, 1.165) is 49.2 Å². The van der Waals surface area contributed by atoms with Crippen molar-refractivity contribution in [2.45, 2.75) is 37.6 Å². The molecule has 0 radical (unpaired) electrons. The molecule has 3 aliphatic heterocycles. The van der Waals surface area contributed by atoms with Gasteiger partial charge in [0.05, 0.1) is 17.7 Å². The zero-order valence-corrected chi connectivity index (χ0v) is 28.9. The molecule has 5 aromatic rings. The topological polar surface area (TPSA) is 145 Å². The molecule has 1 amide bonds. The summed E-state index contributed by atoms with van der Waals surface area (Å²) in [6, 6.07) is 31.0. The summed E-state index contributed by atoms with van der Waals surface area (Å²) in [5.41, 5.74) is 3.39. The zero-order valence-electron chi connectivity index (χ0n) is 28.9. The quantitative estimate of drug-likeness (QED) is 0.0957. The van der Waals surface area contributed by atoms with Gasteiger partial charge in [-0.1, -0.05) is 60.7 Å². The van der Waals surface area contributed by atoms with E-state index in [9.17, 15) is 19.8 Å². The molecule has 2 bridgehead atoms. The van der Waals surface area contributed by atoms with Crippen LogP contribution < -0.4 is 25.7 Å². The number of phenols is 1. The number of aliphatic hydroxyl groups excluding tert-OH is 1. The number of carbonyl (C=O) groups is 1. The van der Waals surface area contributed by atoms with Gasteiger partial charge >= 0.3 is 6.09 Å². The number of aliphatic hydroxyl groups is 1. The minimum atomic E-state index is -0.855. The number of rotatable bonds is 14. The van der Waals surface area contributed by atoms with Crippen molar-refractivity contribution in [3.63, 3.8) is 0 Å². The molecule has 0 spiro atoms. The number of aromatic amines is 1. The van der Waals surface area contributed by atoms with E-state index >= 15 is 0 Å². The van der Waals surface area contributed by atoms with Crippen molar-refractivity contribution in [2.24, 2.45) is 5.92 Å². The maximum Gasteiger partial charge on any atom is 0.408 e. The smallest absolute Gasteiger partial charge is 0.408 e. The number of pyridine rings is 1. The highest BCUT2D eigenvalue weighted by atomic mass is 16.6. The third-order valence-corrected chi connectivity index (χ3v) is 9.89. The second kappa shape index (κ2) is 16.3. The first-order valence-corrected chi connectivity index (χ1v) is 17.8. The highest BCUT2D eigenvalue weighted by molar-refractivity contribution is 5.87. The number of hydrogen-bond acceptors (Lipinski definition) is 9. The predicted octanol–water partition coefficient (Wildman–Crippen LogP) is 5.42. The predicted molar refractivity (Wildman–Crippen MR) is 198 cm³/mol. The molecule has 3 fully saturated rings. The first-order chi connectivity index (χ1) is 25.4. The molecule has 52 heavy (non-hydrogen) atoms. The largest absolute Gasteiger partial charge is 0.506 e. The van der Waals surface area contributed by atoms with Gasteiger partial charge in [0.2, 0.25) is 5.56 Å². The Morgan fingerprint density at radius 1 is 0.865 bits per heavy atom. The van der Waals surface area contributed by atoms with E-state index in [4.69, 9.17) is 14.2 Å². The lowest BCUT2D eigenvalue weighted by Gasteiger charge is -2.43. The Bertz CT molecular complexity index is 2030. The average molecular weight is 705 g/mol. The van der Waals surface area contributed by atoms with E-state index in [1.165, 1.54) is 12.1 Å². The van der Waals surface area contributed by atoms with Crippen LogP contribution in [0, 0.1) is 5.92 Å². The number of nitrogens with zero attached hydrogens (tertiary/aromatic N) is 1. The minimum Gasteiger partial charge on any atom is -0.506 e. The molecule has 8 rings (SSSR count). The van der Waals surface area contributed by atoms with Crippen molar-refractivity contribution in [1.29, 1.82) is 0 Å². The minimum absolute atomic E-state index is 0.0465. The molecular weight excluding hydrogens is 660 g/mol. The Morgan fingerprint density at radius 3 is 2.35 bits per heavy atom. The number of aromatic nitrogens is 1. The fourth-order valence-corrected chi connectivity index (χ4v) is 7.20. The van der Waals surface area contributed by atoms with Crippen LogP contribution in [-0.4, -0.2) is 71.7 Å². The van der Waals surface area contributed by atoms with Crippen LogP contribution in [0.5, 0.6) is 17.2 Å². The second-order valence-corrected chi connectivity index (χ2v) is 13.4. The Morgan fingerprint density at radius 2 is 1.60 bits per heavy atom. The van der Waals surface area contributed by atoms with Crippen molar-refractivity contribution < 1.29 is 29.2 Å². The van der Waals surface area contributed by atoms with E-state index in [0.29, 0.717) is 53.6 Å². The molecule has 5 N–H and O–H groups in total. The van der Waals surface area contributed by atoms with E-state index < -0.39 is 18.2 Å². The highest BCUT2D eigenvalue weighted by Crippen LogP contribution is 2.31. The van der Waals surface area contributed by atoms with Gasteiger partial charge in [-0.2, -0.15) is 0 Å². The van der Waals surface area contributed by atoms with E-state index in [1.54, 1.807) is 12.1 Å². The van der Waals surface area contributed by atoms with Gasteiger partial charge in [-0.15, -0.1) is 0 Å². The number of alkyl carbamates (subject to hydrolysis) is 1. The SMILES string of the molecule is O=C(NC(c1ccccc1)c1cccc(OCCOc2cccc(CNC[C@@H](O)c3ccc(O)c4[nH]c(=O)ccc34)c2)c1)O[C@H]1CN2CCC1CC2. The van der Waals surface area contributed by atoms with Crippen molar-refractivity contribution in [1.82, 2.24) is 20.5 Å². The maximum absolute atomic E-state index is 13.2. The summed E-state index contributed by atoms with van der Waals surface area (Å²) < 4.78 is 18.0. The van der Waals surface area contributed by atoms with Crippen LogP contribution in [0.2, 0.25) is 0 Å². The zero-order chi connectivity index (χ0) is 35.9. The number of amides is 1. The standard InChI is InChI=1S/C41H44N4O7/c46-35-14-12-33(34-13-15-38(48)43-40(34)35)36(47)25-42-24-27-6-4-10-31(22-27)50-20-21-51-32-11-5-9-30(23-32)39(29-7-2-1-3-8-29)44-41(49)52-37-26-45-18-16-28(37)17-19-45/h1-15,22-23,28,36-37,39,42,46-47H,16-21,24-26H2,(H,43,48)(H,44,49)/t36-,37+,39?/m1/s1. The normalized spacial score (nSPS) is 19.1. The van der Waals surface area contributed by atoms with Crippen LogP contribution in [0.25, 0.3) is 10.9 Å². The summed E-state index contributed by atoms with van der Waals surface area (Å²) in [7, 11) is 0. The third-order valence-electron chi connectivity index (χ3n) is 9.89.